The molecular weight excluding hydrogens is 244 g/mol. The van der Waals surface area contributed by atoms with E-state index in [1.807, 2.05) is 4.90 Å². The zero-order valence-corrected chi connectivity index (χ0v) is 12.4. The molecule has 0 aromatic rings. The van der Waals surface area contributed by atoms with Gasteiger partial charge < -0.3 is 20.1 Å². The largest absolute Gasteiger partial charge is 0.383 e. The summed E-state index contributed by atoms with van der Waals surface area (Å²) >= 11 is 0. The second kappa shape index (κ2) is 8.51. The molecule has 0 heterocycles. The van der Waals surface area contributed by atoms with Gasteiger partial charge in [0.1, 0.15) is 0 Å². The quantitative estimate of drug-likeness (QED) is 0.747. The first-order chi connectivity index (χ1) is 9.11. The van der Waals surface area contributed by atoms with Crippen LogP contribution in [0.4, 0.5) is 0 Å². The summed E-state index contributed by atoms with van der Waals surface area (Å²) in [5.74, 6) is 0.472. The monoisotopic (exact) mass is 272 g/mol. The molecule has 0 radical (unpaired) electrons. The summed E-state index contributed by atoms with van der Waals surface area (Å²) in [6.45, 7) is 4.44. The van der Waals surface area contributed by atoms with Gasteiger partial charge in [0.05, 0.1) is 19.1 Å². The van der Waals surface area contributed by atoms with Gasteiger partial charge in [-0.1, -0.05) is 13.3 Å². The molecule has 3 unspecified atom stereocenters. The lowest BCUT2D eigenvalue weighted by atomic mass is 9.76. The Morgan fingerprint density at radius 1 is 1.21 bits per heavy atom. The molecular formula is C14H28N2O3. The number of hydrogen-bond acceptors (Lipinski definition) is 4. The maximum atomic E-state index is 12.7. The van der Waals surface area contributed by atoms with E-state index in [4.69, 9.17) is 15.2 Å². The van der Waals surface area contributed by atoms with Crippen molar-refractivity contribution in [1.29, 1.82) is 0 Å². The lowest BCUT2D eigenvalue weighted by molar-refractivity contribution is -0.140. The van der Waals surface area contributed by atoms with Gasteiger partial charge in [-0.15, -0.1) is 0 Å². The highest BCUT2D eigenvalue weighted by molar-refractivity contribution is 5.80. The summed E-state index contributed by atoms with van der Waals surface area (Å²) < 4.78 is 10.2. The lowest BCUT2D eigenvalue weighted by Gasteiger charge is -2.36. The zero-order valence-electron chi connectivity index (χ0n) is 12.4. The zero-order chi connectivity index (χ0) is 14.3. The molecule has 0 saturated heterocycles. The first-order valence-electron chi connectivity index (χ1n) is 7.14. The first kappa shape index (κ1) is 16.4. The van der Waals surface area contributed by atoms with E-state index in [-0.39, 0.29) is 17.9 Å². The molecule has 0 aliphatic heterocycles. The number of hydrogen-bond donors (Lipinski definition) is 1. The van der Waals surface area contributed by atoms with Crippen molar-refractivity contribution in [3.05, 3.63) is 0 Å². The third kappa shape index (κ3) is 4.75. The highest BCUT2D eigenvalue weighted by Gasteiger charge is 2.36. The average Bonchev–Trinajstić information content (AvgIpc) is 2.38. The number of carbonyl (C=O) groups is 1. The minimum atomic E-state index is -0.0533. The summed E-state index contributed by atoms with van der Waals surface area (Å²) in [6.07, 6.45) is 3.16. The molecule has 5 nitrogen and oxygen atoms in total. The number of rotatable bonds is 7. The van der Waals surface area contributed by atoms with Crippen molar-refractivity contribution in [3.63, 3.8) is 0 Å². The highest BCUT2D eigenvalue weighted by Crippen LogP contribution is 2.30. The van der Waals surface area contributed by atoms with Crippen LogP contribution in [0.2, 0.25) is 0 Å². The van der Waals surface area contributed by atoms with Crippen LogP contribution in [0, 0.1) is 11.8 Å². The Kier molecular flexibility index (Phi) is 7.34. The number of amides is 1. The van der Waals surface area contributed by atoms with E-state index < -0.39 is 0 Å². The van der Waals surface area contributed by atoms with Gasteiger partial charge in [0.2, 0.25) is 5.91 Å². The minimum Gasteiger partial charge on any atom is -0.383 e. The van der Waals surface area contributed by atoms with Crippen molar-refractivity contribution in [3.8, 4) is 0 Å². The van der Waals surface area contributed by atoms with Gasteiger partial charge in [-0.05, 0) is 18.8 Å². The maximum absolute atomic E-state index is 12.7. The third-order valence-corrected chi connectivity index (χ3v) is 4.00. The molecule has 1 aliphatic carbocycles. The van der Waals surface area contributed by atoms with Gasteiger partial charge in [-0.25, -0.2) is 0 Å². The molecule has 0 aromatic heterocycles. The molecule has 3 atom stereocenters. The summed E-state index contributed by atoms with van der Waals surface area (Å²) in [5, 5.41) is 0. The van der Waals surface area contributed by atoms with Crippen LogP contribution in [0.1, 0.15) is 26.2 Å². The van der Waals surface area contributed by atoms with Crippen molar-refractivity contribution in [2.24, 2.45) is 17.6 Å². The van der Waals surface area contributed by atoms with Gasteiger partial charge >= 0.3 is 0 Å². The van der Waals surface area contributed by atoms with Crippen LogP contribution in [0.3, 0.4) is 0 Å². The molecule has 0 spiro atoms. The minimum absolute atomic E-state index is 0.0103. The van der Waals surface area contributed by atoms with Crippen LogP contribution < -0.4 is 5.73 Å². The number of ether oxygens (including phenoxy) is 2. The van der Waals surface area contributed by atoms with E-state index in [0.29, 0.717) is 32.2 Å². The molecule has 19 heavy (non-hydrogen) atoms. The van der Waals surface area contributed by atoms with E-state index in [9.17, 15) is 4.79 Å². The summed E-state index contributed by atoms with van der Waals surface area (Å²) in [5.41, 5.74) is 6.16. The summed E-state index contributed by atoms with van der Waals surface area (Å²) in [4.78, 5) is 14.5. The Bertz CT molecular complexity index is 255. The van der Waals surface area contributed by atoms with E-state index in [0.717, 1.165) is 19.3 Å². The topological polar surface area (TPSA) is 64.8 Å². The SMILES string of the molecule is COCCN(CCOC)C(=O)C1C(C)CCCC1N. The fourth-order valence-corrected chi connectivity index (χ4v) is 2.83. The Morgan fingerprint density at radius 2 is 1.79 bits per heavy atom. The van der Waals surface area contributed by atoms with Crippen molar-refractivity contribution < 1.29 is 14.3 Å². The Morgan fingerprint density at radius 3 is 2.26 bits per heavy atom. The highest BCUT2D eigenvalue weighted by atomic mass is 16.5. The Balaban J connectivity index is 2.66. The molecule has 112 valence electrons. The van der Waals surface area contributed by atoms with Crippen LogP contribution in [-0.2, 0) is 14.3 Å². The molecule has 1 saturated carbocycles. The normalized spacial score (nSPS) is 27.3. The van der Waals surface area contributed by atoms with Crippen LogP contribution in [0.25, 0.3) is 0 Å². The fourth-order valence-electron chi connectivity index (χ4n) is 2.83. The van der Waals surface area contributed by atoms with Crippen LogP contribution in [0.15, 0.2) is 0 Å². The molecule has 0 aromatic carbocycles. The molecule has 0 bridgehead atoms. The Labute approximate surface area is 116 Å². The second-order valence-electron chi connectivity index (χ2n) is 5.41. The van der Waals surface area contributed by atoms with Crippen LogP contribution in [0.5, 0.6) is 0 Å². The molecule has 1 aliphatic rings. The van der Waals surface area contributed by atoms with E-state index in [1.165, 1.54) is 0 Å². The standard InChI is InChI=1S/C14H28N2O3/c1-11-5-4-6-12(15)13(11)14(17)16(7-9-18-2)8-10-19-3/h11-13H,4-10,15H2,1-3H3. The van der Waals surface area contributed by atoms with Crippen LogP contribution in [-0.4, -0.2) is 57.4 Å². The van der Waals surface area contributed by atoms with E-state index in [1.54, 1.807) is 14.2 Å². The van der Waals surface area contributed by atoms with E-state index >= 15 is 0 Å². The smallest absolute Gasteiger partial charge is 0.227 e. The van der Waals surface area contributed by atoms with Gasteiger partial charge in [0, 0.05) is 33.4 Å². The first-order valence-corrected chi connectivity index (χ1v) is 7.14. The predicted molar refractivity (Wildman–Crippen MR) is 74.8 cm³/mol. The predicted octanol–water partition coefficient (Wildman–Crippen LogP) is 0.871. The van der Waals surface area contributed by atoms with Crippen LogP contribution >= 0.6 is 0 Å². The molecule has 1 rings (SSSR count). The van der Waals surface area contributed by atoms with E-state index in [2.05, 4.69) is 6.92 Å². The summed E-state index contributed by atoms with van der Waals surface area (Å²) in [6, 6.07) is -0.0103. The Hall–Kier alpha value is -0.650. The molecule has 1 fully saturated rings. The van der Waals surface area contributed by atoms with Crippen molar-refractivity contribution in [1.82, 2.24) is 4.90 Å². The number of methoxy groups -OCH3 is 2. The summed E-state index contributed by atoms with van der Waals surface area (Å²) in [7, 11) is 3.29. The maximum Gasteiger partial charge on any atom is 0.227 e. The van der Waals surface area contributed by atoms with Gasteiger partial charge in [0.15, 0.2) is 0 Å². The average molecular weight is 272 g/mol. The van der Waals surface area contributed by atoms with Gasteiger partial charge in [-0.3, -0.25) is 4.79 Å². The third-order valence-electron chi connectivity index (χ3n) is 4.00. The number of nitrogens with two attached hydrogens (primary N) is 1. The van der Waals surface area contributed by atoms with Crippen molar-refractivity contribution in [2.45, 2.75) is 32.2 Å². The second-order valence-corrected chi connectivity index (χ2v) is 5.41. The number of nitrogens with zero attached hydrogens (tertiary/aromatic N) is 1. The van der Waals surface area contributed by atoms with Crippen molar-refractivity contribution in [2.75, 3.05) is 40.5 Å². The van der Waals surface area contributed by atoms with Gasteiger partial charge in [0.25, 0.3) is 0 Å². The molecule has 2 N–H and O–H groups in total. The van der Waals surface area contributed by atoms with Gasteiger partial charge in [-0.2, -0.15) is 0 Å². The number of carbonyl (C=O) groups excluding carboxylic acids is 1. The molecule has 5 heteroatoms. The van der Waals surface area contributed by atoms with Crippen molar-refractivity contribution >= 4 is 5.91 Å². The molecule has 1 amide bonds. The lowest BCUT2D eigenvalue weighted by Crippen LogP contribution is -2.50. The fraction of sp³-hybridized carbons (Fsp3) is 0.929.